The van der Waals surface area contributed by atoms with E-state index in [-0.39, 0.29) is 25.1 Å². The maximum atomic E-state index is 12.2. The normalized spacial score (nSPS) is 20.2. The third kappa shape index (κ3) is 3.58. The van der Waals surface area contributed by atoms with E-state index < -0.39 is 12.2 Å². The van der Waals surface area contributed by atoms with Crippen LogP contribution in [0.3, 0.4) is 0 Å². The molecule has 0 radical (unpaired) electrons. The van der Waals surface area contributed by atoms with Crippen molar-refractivity contribution in [3.63, 3.8) is 0 Å². The van der Waals surface area contributed by atoms with Gasteiger partial charge in [0.1, 0.15) is 0 Å². The first kappa shape index (κ1) is 16.9. The van der Waals surface area contributed by atoms with E-state index in [2.05, 4.69) is 20.4 Å². The maximum absolute atomic E-state index is 12.2. The SMILES string of the molecule is O=C(NCc1ccnc(OC(F)F)c1)NC1(CO)CC2(CCC2)C1. The first-order valence-electron chi connectivity index (χ1n) is 8.01. The second-order valence-corrected chi connectivity index (χ2v) is 6.83. The molecular formula is C16H21F2N3O3. The van der Waals surface area contributed by atoms with E-state index in [1.54, 1.807) is 6.07 Å². The topological polar surface area (TPSA) is 83.5 Å². The maximum Gasteiger partial charge on any atom is 0.388 e. The van der Waals surface area contributed by atoms with Gasteiger partial charge >= 0.3 is 12.6 Å². The summed E-state index contributed by atoms with van der Waals surface area (Å²) in [5.74, 6) is -0.192. The second-order valence-electron chi connectivity index (χ2n) is 6.83. The fourth-order valence-corrected chi connectivity index (χ4v) is 3.84. The number of urea groups is 1. The van der Waals surface area contributed by atoms with Gasteiger partial charge in [0.05, 0.1) is 12.1 Å². The molecule has 8 heteroatoms. The highest BCUT2D eigenvalue weighted by Gasteiger charge is 2.57. The molecule has 1 aromatic rings. The highest BCUT2D eigenvalue weighted by Crippen LogP contribution is 2.60. The van der Waals surface area contributed by atoms with Crippen LogP contribution in [0.25, 0.3) is 0 Å². The number of amides is 2. The molecule has 1 spiro atoms. The molecule has 2 fully saturated rings. The van der Waals surface area contributed by atoms with Crippen LogP contribution >= 0.6 is 0 Å². The number of hydrogen-bond donors (Lipinski definition) is 3. The number of hydrogen-bond acceptors (Lipinski definition) is 4. The molecule has 3 N–H and O–H groups in total. The molecular weight excluding hydrogens is 320 g/mol. The molecule has 0 aliphatic heterocycles. The fourth-order valence-electron chi connectivity index (χ4n) is 3.84. The van der Waals surface area contributed by atoms with E-state index in [0.717, 1.165) is 12.8 Å². The summed E-state index contributed by atoms with van der Waals surface area (Å²) in [6, 6.07) is 2.57. The Labute approximate surface area is 138 Å². The van der Waals surface area contributed by atoms with E-state index in [9.17, 15) is 18.7 Å². The lowest BCUT2D eigenvalue weighted by molar-refractivity contribution is -0.0782. The molecule has 132 valence electrons. The molecule has 0 atom stereocenters. The van der Waals surface area contributed by atoms with Crippen molar-refractivity contribution in [2.45, 2.75) is 50.8 Å². The summed E-state index contributed by atoms with van der Waals surface area (Å²) in [6.07, 6.45) is 6.52. The Morgan fingerprint density at radius 2 is 2.17 bits per heavy atom. The zero-order chi connectivity index (χ0) is 17.2. The van der Waals surface area contributed by atoms with Crippen molar-refractivity contribution in [2.75, 3.05) is 6.61 Å². The van der Waals surface area contributed by atoms with Gasteiger partial charge in [0.25, 0.3) is 0 Å². The van der Waals surface area contributed by atoms with Crippen molar-refractivity contribution in [3.05, 3.63) is 23.9 Å². The molecule has 24 heavy (non-hydrogen) atoms. The number of rotatable bonds is 6. The fraction of sp³-hybridized carbons (Fsp3) is 0.625. The Morgan fingerprint density at radius 3 is 2.75 bits per heavy atom. The summed E-state index contributed by atoms with van der Waals surface area (Å²) in [4.78, 5) is 15.7. The Balaban J connectivity index is 1.49. The largest absolute Gasteiger partial charge is 0.417 e. The van der Waals surface area contributed by atoms with Crippen LogP contribution in [-0.4, -0.2) is 34.9 Å². The number of alkyl halides is 2. The molecule has 0 saturated heterocycles. The lowest BCUT2D eigenvalue weighted by atomic mass is 9.48. The summed E-state index contributed by atoms with van der Waals surface area (Å²) in [5, 5.41) is 15.1. The smallest absolute Gasteiger partial charge is 0.388 e. The number of aromatic nitrogens is 1. The molecule has 2 amide bonds. The Morgan fingerprint density at radius 1 is 1.42 bits per heavy atom. The van der Waals surface area contributed by atoms with Gasteiger partial charge in [-0.1, -0.05) is 6.42 Å². The van der Waals surface area contributed by atoms with E-state index in [4.69, 9.17) is 0 Å². The standard InChI is InChI=1S/C16H21F2N3O3/c17-13(18)24-12-6-11(2-5-19-12)7-20-14(23)21-16(10-22)8-15(9-16)3-1-4-15/h2,5-6,13,22H,1,3-4,7-10H2,(H2,20,21,23). The highest BCUT2D eigenvalue weighted by atomic mass is 19.3. The van der Waals surface area contributed by atoms with Gasteiger partial charge in [0.2, 0.25) is 5.88 Å². The number of carbonyl (C=O) groups is 1. The predicted molar refractivity (Wildman–Crippen MR) is 81.6 cm³/mol. The summed E-state index contributed by atoms with van der Waals surface area (Å²) >= 11 is 0. The van der Waals surface area contributed by atoms with Gasteiger partial charge in [0.15, 0.2) is 0 Å². The lowest BCUT2D eigenvalue weighted by Crippen LogP contribution is -2.67. The number of nitrogens with zero attached hydrogens (tertiary/aromatic N) is 1. The Hall–Kier alpha value is -1.96. The molecule has 1 heterocycles. The van der Waals surface area contributed by atoms with E-state index in [1.165, 1.54) is 31.5 Å². The Kier molecular flexibility index (Phi) is 4.58. The molecule has 3 rings (SSSR count). The van der Waals surface area contributed by atoms with Gasteiger partial charge in [-0.25, -0.2) is 9.78 Å². The van der Waals surface area contributed by atoms with Crippen LogP contribution in [-0.2, 0) is 6.54 Å². The number of carbonyl (C=O) groups excluding carboxylic acids is 1. The quantitative estimate of drug-likeness (QED) is 0.740. The molecule has 2 aliphatic rings. The first-order chi connectivity index (χ1) is 11.4. The molecule has 0 unspecified atom stereocenters. The Bertz CT molecular complexity index is 600. The third-order valence-electron chi connectivity index (χ3n) is 4.98. The average Bonchev–Trinajstić information content (AvgIpc) is 2.46. The number of halogens is 2. The minimum absolute atomic E-state index is 0.0796. The average molecular weight is 341 g/mol. The predicted octanol–water partition coefficient (Wildman–Crippen LogP) is 2.18. The number of pyridine rings is 1. The van der Waals surface area contributed by atoms with Gasteiger partial charge < -0.3 is 20.5 Å². The second kappa shape index (κ2) is 6.51. The van der Waals surface area contributed by atoms with Crippen molar-refractivity contribution in [2.24, 2.45) is 5.41 Å². The van der Waals surface area contributed by atoms with Crippen LogP contribution in [0.1, 0.15) is 37.7 Å². The number of aliphatic hydroxyl groups excluding tert-OH is 1. The number of aliphatic hydroxyl groups is 1. The van der Waals surface area contributed by atoms with Crippen LogP contribution in [0.5, 0.6) is 5.88 Å². The molecule has 0 aromatic carbocycles. The van der Waals surface area contributed by atoms with Crippen molar-refractivity contribution in [1.82, 2.24) is 15.6 Å². The molecule has 2 aliphatic carbocycles. The van der Waals surface area contributed by atoms with E-state index in [0.29, 0.717) is 11.0 Å². The van der Waals surface area contributed by atoms with Gasteiger partial charge in [-0.15, -0.1) is 0 Å². The third-order valence-corrected chi connectivity index (χ3v) is 4.98. The first-order valence-corrected chi connectivity index (χ1v) is 8.01. The van der Waals surface area contributed by atoms with Crippen LogP contribution < -0.4 is 15.4 Å². The highest BCUT2D eigenvalue weighted by molar-refractivity contribution is 5.75. The zero-order valence-electron chi connectivity index (χ0n) is 13.2. The van der Waals surface area contributed by atoms with Crippen molar-refractivity contribution in [3.8, 4) is 5.88 Å². The van der Waals surface area contributed by atoms with Gasteiger partial charge in [-0.2, -0.15) is 8.78 Å². The number of nitrogens with one attached hydrogen (secondary N) is 2. The van der Waals surface area contributed by atoms with Gasteiger partial charge in [-0.05, 0) is 42.7 Å². The van der Waals surface area contributed by atoms with Crippen molar-refractivity contribution >= 4 is 6.03 Å². The molecule has 0 bridgehead atoms. The summed E-state index contributed by atoms with van der Waals surface area (Å²) in [6.45, 7) is -2.87. The molecule has 6 nitrogen and oxygen atoms in total. The van der Waals surface area contributed by atoms with Crippen LogP contribution in [0.15, 0.2) is 18.3 Å². The minimum Gasteiger partial charge on any atom is -0.417 e. The van der Waals surface area contributed by atoms with Crippen LogP contribution in [0.4, 0.5) is 13.6 Å². The summed E-state index contributed by atoms with van der Waals surface area (Å²) < 4.78 is 28.6. The minimum atomic E-state index is -2.94. The van der Waals surface area contributed by atoms with Crippen LogP contribution in [0.2, 0.25) is 0 Å². The lowest BCUT2D eigenvalue weighted by Gasteiger charge is -2.60. The van der Waals surface area contributed by atoms with E-state index in [1.807, 2.05) is 0 Å². The van der Waals surface area contributed by atoms with Crippen molar-refractivity contribution < 1.29 is 23.4 Å². The van der Waals surface area contributed by atoms with Gasteiger partial charge in [-0.3, -0.25) is 0 Å². The zero-order valence-corrected chi connectivity index (χ0v) is 13.2. The molecule has 1 aromatic heterocycles. The summed E-state index contributed by atoms with van der Waals surface area (Å²) in [7, 11) is 0. The van der Waals surface area contributed by atoms with E-state index >= 15 is 0 Å². The summed E-state index contributed by atoms with van der Waals surface area (Å²) in [5.41, 5.74) is 0.382. The molecule has 2 saturated carbocycles. The monoisotopic (exact) mass is 341 g/mol. The van der Waals surface area contributed by atoms with Crippen molar-refractivity contribution in [1.29, 1.82) is 0 Å². The van der Waals surface area contributed by atoms with Crippen LogP contribution in [0, 0.1) is 5.41 Å². The van der Waals surface area contributed by atoms with Gasteiger partial charge in [0, 0.05) is 18.8 Å². The number of ether oxygens (including phenoxy) is 1.